The third kappa shape index (κ3) is 5.24. The standard InChI is InChI=1S/C19H27BrN6O3/c1-18(2,3)29-17(27)26-10-13(28-11-19(26,4)5)9-25-8-12(6-23-25)14-7-22-16(21)15(20)24-14/h6-8,13H,9-11H2,1-5H3,(H2,21,22)/t13-/m0/s1. The number of halogens is 1. The predicted octanol–water partition coefficient (Wildman–Crippen LogP) is 3.10. The molecule has 0 aliphatic carbocycles. The van der Waals surface area contributed by atoms with Gasteiger partial charge in [0.05, 0.1) is 49.4 Å². The molecule has 158 valence electrons. The van der Waals surface area contributed by atoms with Gasteiger partial charge in [0.1, 0.15) is 10.2 Å². The van der Waals surface area contributed by atoms with E-state index in [-0.39, 0.29) is 12.2 Å². The summed E-state index contributed by atoms with van der Waals surface area (Å²) in [7, 11) is 0. The van der Waals surface area contributed by atoms with Crippen molar-refractivity contribution in [3.8, 4) is 11.3 Å². The molecule has 1 aliphatic rings. The molecule has 1 saturated heterocycles. The number of aromatic nitrogens is 4. The normalized spacial score (nSPS) is 19.2. The molecule has 1 aliphatic heterocycles. The van der Waals surface area contributed by atoms with Gasteiger partial charge in [0.2, 0.25) is 0 Å². The Bertz CT molecular complexity index is 892. The molecule has 1 amide bonds. The van der Waals surface area contributed by atoms with Crippen LogP contribution in [-0.2, 0) is 16.0 Å². The monoisotopic (exact) mass is 466 g/mol. The molecule has 0 spiro atoms. The van der Waals surface area contributed by atoms with E-state index in [1.807, 2.05) is 40.8 Å². The van der Waals surface area contributed by atoms with Gasteiger partial charge in [-0.25, -0.2) is 14.8 Å². The minimum absolute atomic E-state index is 0.201. The smallest absolute Gasteiger partial charge is 0.410 e. The Labute approximate surface area is 178 Å². The van der Waals surface area contributed by atoms with Crippen LogP contribution >= 0.6 is 15.9 Å². The van der Waals surface area contributed by atoms with Gasteiger partial charge >= 0.3 is 6.09 Å². The van der Waals surface area contributed by atoms with Crippen LogP contribution in [0.25, 0.3) is 11.3 Å². The number of ether oxygens (including phenoxy) is 2. The van der Waals surface area contributed by atoms with E-state index in [0.29, 0.717) is 35.8 Å². The fourth-order valence-electron chi connectivity index (χ4n) is 2.97. The van der Waals surface area contributed by atoms with Crippen LogP contribution in [0.1, 0.15) is 34.6 Å². The Morgan fingerprint density at radius 1 is 1.41 bits per heavy atom. The summed E-state index contributed by atoms with van der Waals surface area (Å²) in [6, 6.07) is 0. The van der Waals surface area contributed by atoms with Gasteiger partial charge in [0.15, 0.2) is 5.82 Å². The highest BCUT2D eigenvalue weighted by Crippen LogP contribution is 2.26. The van der Waals surface area contributed by atoms with Gasteiger partial charge in [-0.1, -0.05) is 0 Å². The van der Waals surface area contributed by atoms with Crippen molar-refractivity contribution in [2.45, 2.75) is 58.4 Å². The second-order valence-electron chi connectivity index (χ2n) is 8.72. The summed E-state index contributed by atoms with van der Waals surface area (Å²) in [6.45, 7) is 10.9. The molecule has 2 N–H and O–H groups in total. The van der Waals surface area contributed by atoms with Gasteiger partial charge in [-0.05, 0) is 50.5 Å². The number of morpholine rings is 1. The fourth-order valence-corrected chi connectivity index (χ4v) is 3.26. The Balaban J connectivity index is 1.70. The average molecular weight is 467 g/mol. The number of anilines is 1. The van der Waals surface area contributed by atoms with E-state index in [0.717, 1.165) is 5.56 Å². The summed E-state index contributed by atoms with van der Waals surface area (Å²) in [5.74, 6) is 0.335. The minimum Gasteiger partial charge on any atom is -0.444 e. The van der Waals surface area contributed by atoms with Crippen molar-refractivity contribution < 1.29 is 14.3 Å². The topological polar surface area (TPSA) is 108 Å². The van der Waals surface area contributed by atoms with Gasteiger partial charge in [-0.2, -0.15) is 5.10 Å². The van der Waals surface area contributed by atoms with Gasteiger partial charge in [-0.3, -0.25) is 9.58 Å². The highest BCUT2D eigenvalue weighted by atomic mass is 79.9. The Morgan fingerprint density at radius 2 is 2.14 bits per heavy atom. The number of amides is 1. The molecule has 2 aromatic heterocycles. The first-order valence-electron chi connectivity index (χ1n) is 9.38. The highest BCUT2D eigenvalue weighted by Gasteiger charge is 2.40. The number of hydrogen-bond donors (Lipinski definition) is 1. The van der Waals surface area contributed by atoms with Crippen LogP contribution in [0, 0.1) is 0 Å². The summed E-state index contributed by atoms with van der Waals surface area (Å²) in [5.41, 5.74) is 6.18. The number of nitrogen functional groups attached to an aromatic ring is 1. The Hall–Kier alpha value is -2.20. The molecule has 0 bridgehead atoms. The molecule has 0 saturated carbocycles. The molecule has 0 radical (unpaired) electrons. The molecule has 3 rings (SSSR count). The number of hydrogen-bond acceptors (Lipinski definition) is 7. The van der Waals surface area contributed by atoms with E-state index in [9.17, 15) is 4.79 Å². The second-order valence-corrected chi connectivity index (χ2v) is 9.47. The zero-order chi connectivity index (χ0) is 21.4. The minimum atomic E-state index is -0.549. The van der Waals surface area contributed by atoms with E-state index in [1.54, 1.807) is 22.0 Å². The molecule has 1 fully saturated rings. The molecule has 29 heavy (non-hydrogen) atoms. The van der Waals surface area contributed by atoms with Crippen LogP contribution in [-0.4, -0.2) is 61.1 Å². The lowest BCUT2D eigenvalue weighted by Gasteiger charge is -2.45. The zero-order valence-electron chi connectivity index (χ0n) is 17.3. The van der Waals surface area contributed by atoms with Gasteiger partial charge in [0.25, 0.3) is 0 Å². The quantitative estimate of drug-likeness (QED) is 0.739. The zero-order valence-corrected chi connectivity index (χ0v) is 18.9. The van der Waals surface area contributed by atoms with Crippen LogP contribution in [0.4, 0.5) is 10.6 Å². The van der Waals surface area contributed by atoms with Crippen molar-refractivity contribution in [1.29, 1.82) is 0 Å². The summed E-state index contributed by atoms with van der Waals surface area (Å²) < 4.78 is 13.8. The molecule has 0 aromatic carbocycles. The molecular weight excluding hydrogens is 440 g/mol. The maximum Gasteiger partial charge on any atom is 0.410 e. The van der Waals surface area contributed by atoms with Crippen LogP contribution < -0.4 is 5.73 Å². The highest BCUT2D eigenvalue weighted by molar-refractivity contribution is 9.10. The van der Waals surface area contributed by atoms with Crippen molar-refractivity contribution in [2.24, 2.45) is 0 Å². The summed E-state index contributed by atoms with van der Waals surface area (Å²) in [6.07, 6.45) is 4.65. The van der Waals surface area contributed by atoms with Crippen molar-refractivity contribution in [2.75, 3.05) is 18.9 Å². The predicted molar refractivity (Wildman–Crippen MR) is 112 cm³/mol. The molecule has 2 aromatic rings. The molecular formula is C19H27BrN6O3. The number of carbonyl (C=O) groups is 1. The average Bonchev–Trinajstić information content (AvgIpc) is 3.05. The van der Waals surface area contributed by atoms with Gasteiger partial charge < -0.3 is 15.2 Å². The van der Waals surface area contributed by atoms with Crippen molar-refractivity contribution in [3.63, 3.8) is 0 Å². The maximum absolute atomic E-state index is 12.7. The second kappa shape index (κ2) is 7.91. The summed E-state index contributed by atoms with van der Waals surface area (Å²) in [5, 5.41) is 4.39. The SMILES string of the molecule is CC(C)(C)OC(=O)N1C[C@H](Cn2cc(-c3cnc(N)c(Br)n3)cn2)OCC1(C)C. The number of nitrogens with zero attached hydrogens (tertiary/aromatic N) is 5. The van der Waals surface area contributed by atoms with Gasteiger partial charge in [-0.15, -0.1) is 0 Å². The third-order valence-electron chi connectivity index (χ3n) is 4.48. The Morgan fingerprint density at radius 3 is 2.79 bits per heavy atom. The van der Waals surface area contributed by atoms with E-state index >= 15 is 0 Å². The molecule has 10 heteroatoms. The molecule has 9 nitrogen and oxygen atoms in total. The van der Waals surface area contributed by atoms with Crippen molar-refractivity contribution in [3.05, 3.63) is 23.2 Å². The van der Waals surface area contributed by atoms with Crippen LogP contribution in [0.3, 0.4) is 0 Å². The van der Waals surface area contributed by atoms with Crippen LogP contribution in [0.2, 0.25) is 0 Å². The van der Waals surface area contributed by atoms with E-state index in [2.05, 4.69) is 31.0 Å². The number of nitrogens with two attached hydrogens (primary N) is 1. The lowest BCUT2D eigenvalue weighted by molar-refractivity contribution is -0.103. The van der Waals surface area contributed by atoms with Gasteiger partial charge in [0, 0.05) is 11.8 Å². The lowest BCUT2D eigenvalue weighted by atomic mass is 10.0. The summed E-state index contributed by atoms with van der Waals surface area (Å²) in [4.78, 5) is 22.9. The van der Waals surface area contributed by atoms with Crippen LogP contribution in [0.15, 0.2) is 23.2 Å². The third-order valence-corrected chi connectivity index (χ3v) is 5.06. The fraction of sp³-hybridized carbons (Fsp3) is 0.579. The first kappa shape index (κ1) is 21.5. The lowest BCUT2D eigenvalue weighted by Crippen LogP contribution is -2.59. The molecule has 1 atom stereocenters. The molecule has 3 heterocycles. The first-order valence-corrected chi connectivity index (χ1v) is 10.2. The van der Waals surface area contributed by atoms with Crippen molar-refractivity contribution in [1.82, 2.24) is 24.6 Å². The Kier molecular flexibility index (Phi) is 5.86. The maximum atomic E-state index is 12.7. The van der Waals surface area contributed by atoms with E-state index in [4.69, 9.17) is 15.2 Å². The van der Waals surface area contributed by atoms with Crippen molar-refractivity contribution >= 4 is 27.8 Å². The molecule has 0 unspecified atom stereocenters. The van der Waals surface area contributed by atoms with Crippen LogP contribution in [0.5, 0.6) is 0 Å². The van der Waals surface area contributed by atoms with E-state index < -0.39 is 11.1 Å². The summed E-state index contributed by atoms with van der Waals surface area (Å²) >= 11 is 3.29. The van der Waals surface area contributed by atoms with E-state index in [1.165, 1.54) is 0 Å². The number of carbonyl (C=O) groups excluding carboxylic acids is 1. The largest absolute Gasteiger partial charge is 0.444 e. The number of rotatable bonds is 3. The first-order chi connectivity index (χ1) is 13.4.